The Morgan fingerprint density at radius 2 is 0.892 bits per heavy atom. The Labute approximate surface area is 219 Å². The summed E-state index contributed by atoms with van der Waals surface area (Å²) in [5, 5.41) is 9.27. The molecule has 0 bridgehead atoms. The third-order valence-corrected chi connectivity index (χ3v) is 11.2. The summed E-state index contributed by atoms with van der Waals surface area (Å²) in [5.41, 5.74) is 4.49. The predicted octanol–water partition coefficient (Wildman–Crippen LogP) is 7.03. The molecular weight excluding hydrogens is 467 g/mol. The second-order valence-corrected chi connectivity index (χ2v) is 12.6. The average molecular weight is 496 g/mol. The smallest absolute Gasteiger partial charge is 0.116 e. The Morgan fingerprint density at radius 1 is 0.486 bits per heavy atom. The molecule has 0 saturated carbocycles. The maximum Gasteiger partial charge on any atom is 0.116 e. The summed E-state index contributed by atoms with van der Waals surface area (Å²) < 4.78 is 2.04. The van der Waals surface area contributed by atoms with Gasteiger partial charge in [0.1, 0.15) is 29.3 Å². The monoisotopic (exact) mass is 495 g/mol. The van der Waals surface area contributed by atoms with Gasteiger partial charge in [-0.1, -0.05) is 103 Å². The van der Waals surface area contributed by atoms with Crippen LogP contribution in [0.1, 0.15) is 5.56 Å². The van der Waals surface area contributed by atoms with Gasteiger partial charge < -0.3 is 0 Å². The first kappa shape index (κ1) is 23.2. The molecule has 0 N–H and O–H groups in total. The van der Waals surface area contributed by atoms with Crippen LogP contribution in [0.2, 0.25) is 0 Å². The van der Waals surface area contributed by atoms with Crippen molar-refractivity contribution in [2.75, 3.05) is 0 Å². The number of nitrogens with zero attached hydrogens (tertiary/aromatic N) is 2. The van der Waals surface area contributed by atoms with Crippen molar-refractivity contribution in [2.24, 2.45) is 0 Å². The van der Waals surface area contributed by atoms with Crippen molar-refractivity contribution in [3.8, 4) is 16.9 Å². The van der Waals surface area contributed by atoms with Crippen LogP contribution in [0.5, 0.6) is 0 Å². The highest BCUT2D eigenvalue weighted by Gasteiger charge is 2.46. The van der Waals surface area contributed by atoms with Crippen LogP contribution in [0.15, 0.2) is 158 Å². The highest BCUT2D eigenvalue weighted by atomic mass is 31.2. The SMILES string of the molecule is c1ccc(-c2nn(-c3ccccc3)cc2C[P+](c2ccccc2)(c2ccccc2)c2ccccc2)cc1. The van der Waals surface area contributed by atoms with E-state index in [1.165, 1.54) is 21.5 Å². The molecule has 1 aromatic heterocycles. The van der Waals surface area contributed by atoms with Crippen molar-refractivity contribution in [2.45, 2.75) is 6.16 Å². The molecular formula is C34H28N2P+. The highest BCUT2D eigenvalue weighted by Crippen LogP contribution is 2.58. The van der Waals surface area contributed by atoms with Gasteiger partial charge in [-0.05, 0) is 48.5 Å². The summed E-state index contributed by atoms with van der Waals surface area (Å²) >= 11 is 0. The molecule has 1 heterocycles. The second kappa shape index (κ2) is 10.4. The van der Waals surface area contributed by atoms with Gasteiger partial charge in [0.05, 0.1) is 11.4 Å². The number of rotatable bonds is 7. The minimum atomic E-state index is -2.05. The van der Waals surface area contributed by atoms with Crippen molar-refractivity contribution < 1.29 is 0 Å². The first-order valence-electron chi connectivity index (χ1n) is 12.6. The molecule has 0 amide bonds. The number of para-hydroxylation sites is 1. The van der Waals surface area contributed by atoms with Crippen LogP contribution in [0.3, 0.4) is 0 Å². The maximum absolute atomic E-state index is 5.15. The van der Waals surface area contributed by atoms with Crippen molar-refractivity contribution in [1.29, 1.82) is 0 Å². The van der Waals surface area contributed by atoms with Crippen molar-refractivity contribution >= 4 is 23.2 Å². The molecule has 0 aliphatic carbocycles. The molecule has 0 unspecified atom stereocenters. The van der Waals surface area contributed by atoms with Crippen molar-refractivity contribution in [1.82, 2.24) is 9.78 Å². The van der Waals surface area contributed by atoms with E-state index in [2.05, 4.69) is 152 Å². The van der Waals surface area contributed by atoms with E-state index in [9.17, 15) is 0 Å². The van der Waals surface area contributed by atoms with Gasteiger partial charge in [0, 0.05) is 17.3 Å². The average Bonchev–Trinajstić information content (AvgIpc) is 3.42. The van der Waals surface area contributed by atoms with Crippen molar-refractivity contribution in [3.63, 3.8) is 0 Å². The molecule has 5 aromatic carbocycles. The van der Waals surface area contributed by atoms with Crippen LogP contribution in [0, 0.1) is 0 Å². The zero-order chi connectivity index (χ0) is 24.9. The largest absolute Gasteiger partial charge is 0.240 e. The molecule has 0 spiro atoms. The molecule has 2 nitrogen and oxygen atoms in total. The zero-order valence-electron chi connectivity index (χ0n) is 20.6. The van der Waals surface area contributed by atoms with E-state index in [0.29, 0.717) is 0 Å². The molecule has 0 atom stereocenters. The molecule has 0 aliphatic heterocycles. The van der Waals surface area contributed by atoms with Gasteiger partial charge in [0.2, 0.25) is 0 Å². The molecule has 0 fully saturated rings. The Hall–Kier alpha value is -4.26. The van der Waals surface area contributed by atoms with Gasteiger partial charge in [-0.2, -0.15) is 5.10 Å². The molecule has 3 heteroatoms. The van der Waals surface area contributed by atoms with E-state index in [1.807, 2.05) is 10.7 Å². The first-order valence-corrected chi connectivity index (χ1v) is 14.6. The summed E-state index contributed by atoms with van der Waals surface area (Å²) in [4.78, 5) is 0. The number of benzene rings is 5. The molecule has 0 radical (unpaired) electrons. The Bertz CT molecular complexity index is 1470. The summed E-state index contributed by atoms with van der Waals surface area (Å²) in [5.74, 6) is 0. The normalized spacial score (nSPS) is 11.4. The summed E-state index contributed by atoms with van der Waals surface area (Å²) in [6.07, 6.45) is 3.11. The predicted molar refractivity (Wildman–Crippen MR) is 158 cm³/mol. The molecule has 0 saturated heterocycles. The van der Waals surface area contributed by atoms with E-state index in [0.717, 1.165) is 23.1 Å². The lowest BCUT2D eigenvalue weighted by Gasteiger charge is -2.27. The lowest BCUT2D eigenvalue weighted by molar-refractivity contribution is 0.884. The molecule has 0 aliphatic rings. The Morgan fingerprint density at radius 3 is 1.35 bits per heavy atom. The molecule has 178 valence electrons. The maximum atomic E-state index is 5.15. The summed E-state index contributed by atoms with van der Waals surface area (Å²) in [6, 6.07) is 54.1. The fourth-order valence-corrected chi connectivity index (χ4v) is 9.33. The Balaban J connectivity index is 1.62. The molecule has 6 rings (SSSR count). The van der Waals surface area contributed by atoms with Gasteiger partial charge in [-0.25, -0.2) is 4.68 Å². The second-order valence-electron chi connectivity index (χ2n) is 9.12. The zero-order valence-corrected chi connectivity index (χ0v) is 21.5. The summed E-state index contributed by atoms with van der Waals surface area (Å²) in [7, 11) is -2.05. The van der Waals surface area contributed by atoms with E-state index in [1.54, 1.807) is 0 Å². The van der Waals surface area contributed by atoms with Crippen LogP contribution in [-0.2, 0) is 6.16 Å². The number of hydrogen-bond donors (Lipinski definition) is 0. The fraction of sp³-hybridized carbons (Fsp3) is 0.0294. The molecule has 6 aromatic rings. The molecule has 37 heavy (non-hydrogen) atoms. The number of aromatic nitrogens is 2. The Kier molecular flexibility index (Phi) is 6.50. The van der Waals surface area contributed by atoms with Crippen LogP contribution in [-0.4, -0.2) is 9.78 Å². The van der Waals surface area contributed by atoms with Crippen LogP contribution in [0.4, 0.5) is 0 Å². The van der Waals surface area contributed by atoms with E-state index >= 15 is 0 Å². The van der Waals surface area contributed by atoms with Gasteiger partial charge >= 0.3 is 0 Å². The van der Waals surface area contributed by atoms with E-state index in [4.69, 9.17) is 5.10 Å². The van der Waals surface area contributed by atoms with E-state index in [-0.39, 0.29) is 0 Å². The van der Waals surface area contributed by atoms with Gasteiger partial charge in [-0.3, -0.25) is 0 Å². The standard InChI is InChI=1S/C34H28N2P/c1-6-16-28(17-7-1)34-29(26-36(35-34)30-18-8-2-9-19-30)27-37(31-20-10-3-11-21-31,32-22-12-4-13-23-32)33-24-14-5-15-25-33/h1-26H,27H2/q+1. The minimum absolute atomic E-state index is 0.877. The lowest BCUT2D eigenvalue weighted by Crippen LogP contribution is -2.32. The van der Waals surface area contributed by atoms with Crippen LogP contribution < -0.4 is 15.9 Å². The van der Waals surface area contributed by atoms with Crippen LogP contribution in [0.25, 0.3) is 16.9 Å². The topological polar surface area (TPSA) is 17.8 Å². The van der Waals surface area contributed by atoms with Crippen molar-refractivity contribution in [3.05, 3.63) is 163 Å². The lowest BCUT2D eigenvalue weighted by atomic mass is 10.1. The first-order chi connectivity index (χ1) is 18.3. The quantitative estimate of drug-likeness (QED) is 0.217. The number of hydrogen-bond acceptors (Lipinski definition) is 1. The minimum Gasteiger partial charge on any atom is -0.240 e. The highest BCUT2D eigenvalue weighted by molar-refractivity contribution is 7.95. The van der Waals surface area contributed by atoms with E-state index < -0.39 is 7.26 Å². The van der Waals surface area contributed by atoms with Crippen LogP contribution >= 0.6 is 7.26 Å². The van der Waals surface area contributed by atoms with Gasteiger partial charge in [0.15, 0.2) is 0 Å². The summed E-state index contributed by atoms with van der Waals surface area (Å²) in [6.45, 7) is 0. The third-order valence-electron chi connectivity index (χ3n) is 6.86. The van der Waals surface area contributed by atoms with Gasteiger partial charge in [0.25, 0.3) is 0 Å². The van der Waals surface area contributed by atoms with Gasteiger partial charge in [-0.15, -0.1) is 0 Å². The fourth-order valence-electron chi connectivity index (χ4n) is 5.10. The third kappa shape index (κ3) is 4.53.